The highest BCUT2D eigenvalue weighted by atomic mass is 19.1. The van der Waals surface area contributed by atoms with Gasteiger partial charge < -0.3 is 21.1 Å². The number of nitrogen functional groups attached to an aromatic ring is 1. The molecule has 0 aliphatic carbocycles. The summed E-state index contributed by atoms with van der Waals surface area (Å²) in [6.07, 6.45) is 1.18. The molecule has 0 saturated heterocycles. The first kappa shape index (κ1) is 15.1. The maximum Gasteiger partial charge on any atom is 0.221 e. The number of nitrogens with one attached hydrogen (secondary N) is 2. The third-order valence-electron chi connectivity index (χ3n) is 2.56. The molecule has 1 amide bonds. The summed E-state index contributed by atoms with van der Waals surface area (Å²) in [5.41, 5.74) is 6.09. The van der Waals surface area contributed by atoms with Gasteiger partial charge in [0.05, 0.1) is 18.5 Å². The number of hydrogen-bond acceptors (Lipinski definition) is 4. The molecule has 5 nitrogen and oxygen atoms in total. The van der Waals surface area contributed by atoms with E-state index >= 15 is 0 Å². The maximum atomic E-state index is 13.6. The molecule has 1 rings (SSSR count). The Morgan fingerprint density at radius 2 is 2.16 bits per heavy atom. The Balaban J connectivity index is 2.51. The number of nitrogens with two attached hydrogens (primary N) is 1. The lowest BCUT2D eigenvalue weighted by molar-refractivity contribution is -0.120. The van der Waals surface area contributed by atoms with Gasteiger partial charge >= 0.3 is 0 Å². The number of halogens is 1. The van der Waals surface area contributed by atoms with Crippen molar-refractivity contribution in [3.8, 4) is 5.75 Å². The number of anilines is 2. The van der Waals surface area contributed by atoms with Crippen LogP contribution in [0.3, 0.4) is 0 Å². The molecule has 0 unspecified atom stereocenters. The van der Waals surface area contributed by atoms with Gasteiger partial charge in [0.15, 0.2) is 0 Å². The zero-order valence-corrected chi connectivity index (χ0v) is 11.3. The molecule has 0 aliphatic rings. The van der Waals surface area contributed by atoms with Crippen LogP contribution in [0, 0.1) is 5.82 Å². The van der Waals surface area contributed by atoms with Crippen molar-refractivity contribution in [3.63, 3.8) is 0 Å². The van der Waals surface area contributed by atoms with Gasteiger partial charge in [-0.1, -0.05) is 6.92 Å². The van der Waals surface area contributed by atoms with Gasteiger partial charge in [-0.25, -0.2) is 4.39 Å². The van der Waals surface area contributed by atoms with E-state index < -0.39 is 5.82 Å². The Labute approximate surface area is 112 Å². The smallest absolute Gasteiger partial charge is 0.221 e. The topological polar surface area (TPSA) is 76.4 Å². The van der Waals surface area contributed by atoms with Crippen LogP contribution in [0.1, 0.15) is 19.8 Å². The molecule has 0 heterocycles. The number of carbonyl (C=O) groups is 1. The molecular formula is C13H20FN3O2. The lowest BCUT2D eigenvalue weighted by Gasteiger charge is -2.11. The molecular weight excluding hydrogens is 249 g/mol. The Morgan fingerprint density at radius 3 is 2.79 bits per heavy atom. The molecule has 1 aromatic carbocycles. The Bertz CT molecular complexity index is 438. The minimum Gasteiger partial charge on any atom is -0.495 e. The van der Waals surface area contributed by atoms with Crippen LogP contribution in [0.25, 0.3) is 0 Å². The number of methoxy groups -OCH3 is 1. The van der Waals surface area contributed by atoms with Gasteiger partial charge in [0, 0.05) is 31.6 Å². The first-order valence-electron chi connectivity index (χ1n) is 6.22. The molecule has 106 valence electrons. The van der Waals surface area contributed by atoms with Crippen LogP contribution in [-0.4, -0.2) is 26.1 Å². The van der Waals surface area contributed by atoms with Crippen molar-refractivity contribution in [2.24, 2.45) is 0 Å². The second-order valence-electron chi connectivity index (χ2n) is 4.10. The summed E-state index contributed by atoms with van der Waals surface area (Å²) in [4.78, 5) is 11.4. The number of carbonyl (C=O) groups excluding carboxylic acids is 1. The lowest BCUT2D eigenvalue weighted by Crippen LogP contribution is -2.26. The summed E-state index contributed by atoms with van der Waals surface area (Å²) in [7, 11) is 1.46. The quantitative estimate of drug-likeness (QED) is 0.659. The highest BCUT2D eigenvalue weighted by Crippen LogP contribution is 2.28. The molecule has 6 heteroatoms. The van der Waals surface area contributed by atoms with E-state index in [0.717, 1.165) is 6.42 Å². The predicted octanol–water partition coefficient (Wildman–Crippen LogP) is 1.74. The van der Waals surface area contributed by atoms with E-state index in [-0.39, 0.29) is 23.7 Å². The standard InChI is InChI=1S/C13H20FN3O2/c1-3-5-17-13(18)4-6-16-11-8-12(19-2)10(15)7-9(11)14/h7-8,16H,3-6,15H2,1-2H3,(H,17,18). The summed E-state index contributed by atoms with van der Waals surface area (Å²) in [6.45, 7) is 2.98. The van der Waals surface area contributed by atoms with E-state index in [0.29, 0.717) is 18.8 Å². The Hall–Kier alpha value is -1.98. The van der Waals surface area contributed by atoms with Gasteiger partial charge in [-0.3, -0.25) is 4.79 Å². The number of benzene rings is 1. The van der Waals surface area contributed by atoms with Gasteiger partial charge in [0.25, 0.3) is 0 Å². The van der Waals surface area contributed by atoms with E-state index in [4.69, 9.17) is 10.5 Å². The monoisotopic (exact) mass is 269 g/mol. The third-order valence-corrected chi connectivity index (χ3v) is 2.56. The van der Waals surface area contributed by atoms with Crippen LogP contribution in [0.5, 0.6) is 5.75 Å². The molecule has 0 spiro atoms. The van der Waals surface area contributed by atoms with Crippen LogP contribution < -0.4 is 21.1 Å². The number of ether oxygens (including phenoxy) is 1. The Morgan fingerprint density at radius 1 is 1.42 bits per heavy atom. The van der Waals surface area contributed by atoms with Gasteiger partial charge in [-0.05, 0) is 6.42 Å². The molecule has 0 bridgehead atoms. The van der Waals surface area contributed by atoms with Crippen molar-refractivity contribution in [2.75, 3.05) is 31.2 Å². The maximum absolute atomic E-state index is 13.6. The highest BCUT2D eigenvalue weighted by molar-refractivity contribution is 5.76. The number of hydrogen-bond donors (Lipinski definition) is 3. The number of rotatable bonds is 7. The minimum atomic E-state index is -0.465. The van der Waals surface area contributed by atoms with Crippen molar-refractivity contribution < 1.29 is 13.9 Å². The summed E-state index contributed by atoms with van der Waals surface area (Å²) in [5.74, 6) is -0.122. The SMILES string of the molecule is CCCNC(=O)CCNc1cc(OC)c(N)cc1F. The Kier molecular flexibility index (Phi) is 5.92. The highest BCUT2D eigenvalue weighted by Gasteiger charge is 2.08. The molecule has 0 atom stereocenters. The van der Waals surface area contributed by atoms with Crippen molar-refractivity contribution in [1.29, 1.82) is 0 Å². The minimum absolute atomic E-state index is 0.0582. The van der Waals surface area contributed by atoms with Crippen molar-refractivity contribution in [3.05, 3.63) is 17.9 Å². The van der Waals surface area contributed by atoms with Crippen LogP contribution in [0.15, 0.2) is 12.1 Å². The fourth-order valence-electron chi connectivity index (χ4n) is 1.54. The van der Waals surface area contributed by atoms with E-state index in [1.54, 1.807) is 0 Å². The van der Waals surface area contributed by atoms with E-state index in [1.807, 2.05) is 6.92 Å². The normalized spacial score (nSPS) is 10.1. The van der Waals surface area contributed by atoms with Crippen molar-refractivity contribution >= 4 is 17.3 Å². The summed E-state index contributed by atoms with van der Waals surface area (Å²) < 4.78 is 18.6. The first-order chi connectivity index (χ1) is 9.08. The molecule has 4 N–H and O–H groups in total. The zero-order chi connectivity index (χ0) is 14.3. The second-order valence-corrected chi connectivity index (χ2v) is 4.10. The van der Waals surface area contributed by atoms with Crippen molar-refractivity contribution in [1.82, 2.24) is 5.32 Å². The average Bonchev–Trinajstić information content (AvgIpc) is 2.38. The van der Waals surface area contributed by atoms with E-state index in [9.17, 15) is 9.18 Å². The summed E-state index contributed by atoms with van der Waals surface area (Å²) in [6, 6.07) is 2.67. The largest absolute Gasteiger partial charge is 0.495 e. The first-order valence-corrected chi connectivity index (χ1v) is 6.22. The summed E-state index contributed by atoms with van der Waals surface area (Å²) in [5, 5.41) is 5.60. The van der Waals surface area contributed by atoms with Crippen LogP contribution in [0.2, 0.25) is 0 Å². The molecule has 19 heavy (non-hydrogen) atoms. The van der Waals surface area contributed by atoms with E-state index in [2.05, 4.69) is 10.6 Å². The molecule has 0 aliphatic heterocycles. The molecule has 0 aromatic heterocycles. The number of amides is 1. The van der Waals surface area contributed by atoms with Gasteiger partial charge in [0.1, 0.15) is 11.6 Å². The van der Waals surface area contributed by atoms with Gasteiger partial charge in [-0.2, -0.15) is 0 Å². The molecule has 0 radical (unpaired) electrons. The predicted molar refractivity (Wildman–Crippen MR) is 73.8 cm³/mol. The second kappa shape index (κ2) is 7.45. The van der Waals surface area contributed by atoms with Crippen molar-refractivity contribution in [2.45, 2.75) is 19.8 Å². The van der Waals surface area contributed by atoms with Crippen LogP contribution in [0.4, 0.5) is 15.8 Å². The fourth-order valence-corrected chi connectivity index (χ4v) is 1.54. The third kappa shape index (κ3) is 4.65. The van der Waals surface area contributed by atoms with Gasteiger partial charge in [0.2, 0.25) is 5.91 Å². The summed E-state index contributed by atoms with van der Waals surface area (Å²) >= 11 is 0. The zero-order valence-electron chi connectivity index (χ0n) is 11.3. The molecule has 0 fully saturated rings. The van der Waals surface area contributed by atoms with Crippen LogP contribution >= 0.6 is 0 Å². The fraction of sp³-hybridized carbons (Fsp3) is 0.462. The molecule has 0 saturated carbocycles. The average molecular weight is 269 g/mol. The van der Waals surface area contributed by atoms with Crippen LogP contribution in [-0.2, 0) is 4.79 Å². The van der Waals surface area contributed by atoms with E-state index in [1.165, 1.54) is 19.2 Å². The van der Waals surface area contributed by atoms with Gasteiger partial charge in [-0.15, -0.1) is 0 Å². The lowest BCUT2D eigenvalue weighted by atomic mass is 10.2. The molecule has 1 aromatic rings.